The minimum atomic E-state index is -4.11. The molecule has 1 N–H and O–H groups in total. The summed E-state index contributed by atoms with van der Waals surface area (Å²) >= 11 is 1.05. The van der Waals surface area contributed by atoms with Crippen molar-refractivity contribution in [3.05, 3.63) is 74.7 Å². The fraction of sp³-hybridized carbons (Fsp3) is 0.379. The van der Waals surface area contributed by atoms with Crippen LogP contribution in [0.5, 0.6) is 11.5 Å². The van der Waals surface area contributed by atoms with E-state index < -0.39 is 22.1 Å². The molecule has 0 aliphatic rings. The number of nitrogens with zero attached hydrogens (tertiary/aromatic N) is 3. The van der Waals surface area contributed by atoms with E-state index in [0.29, 0.717) is 35.0 Å². The van der Waals surface area contributed by atoms with Gasteiger partial charge < -0.3 is 19.1 Å². The van der Waals surface area contributed by atoms with Gasteiger partial charge in [-0.05, 0) is 37.5 Å². The zero-order chi connectivity index (χ0) is 31.7. The summed E-state index contributed by atoms with van der Waals surface area (Å²) < 4.78 is 43.4. The molecule has 0 spiro atoms. The van der Waals surface area contributed by atoms with Crippen LogP contribution in [-0.2, 0) is 39.3 Å². The van der Waals surface area contributed by atoms with E-state index in [0.717, 1.165) is 33.2 Å². The van der Waals surface area contributed by atoms with Gasteiger partial charge in [0, 0.05) is 38.7 Å². The van der Waals surface area contributed by atoms with Crippen molar-refractivity contribution in [1.29, 1.82) is 0 Å². The van der Waals surface area contributed by atoms with Gasteiger partial charge in [-0.2, -0.15) is 12.7 Å². The van der Waals surface area contributed by atoms with Crippen LogP contribution in [0.4, 0.5) is 0 Å². The molecule has 232 valence electrons. The first kappa shape index (κ1) is 33.5. The van der Waals surface area contributed by atoms with E-state index in [2.05, 4.69) is 4.98 Å². The number of methoxy groups -OCH3 is 2. The minimum absolute atomic E-state index is 0.0115. The van der Waals surface area contributed by atoms with E-state index in [9.17, 15) is 22.8 Å². The van der Waals surface area contributed by atoms with Gasteiger partial charge in [0.2, 0.25) is 0 Å². The number of hydrogen-bond acceptors (Lipinski definition) is 10. The van der Waals surface area contributed by atoms with Gasteiger partial charge in [0.15, 0.2) is 0 Å². The lowest BCUT2D eigenvalue weighted by Crippen LogP contribution is -2.40. The maximum absolute atomic E-state index is 13.9. The van der Waals surface area contributed by atoms with Crippen molar-refractivity contribution in [1.82, 2.24) is 18.9 Å². The predicted molar refractivity (Wildman–Crippen MR) is 161 cm³/mol. The number of thiazole rings is 1. The third-order valence-electron chi connectivity index (χ3n) is 6.41. The lowest BCUT2D eigenvalue weighted by molar-refractivity contribution is -0.142. The summed E-state index contributed by atoms with van der Waals surface area (Å²) in [5.41, 5.74) is 2.00. The smallest absolute Gasteiger partial charge is 0.303 e. The number of nitrogens with one attached hydrogen (secondary N) is 1. The van der Waals surface area contributed by atoms with Crippen molar-refractivity contribution in [2.75, 3.05) is 34.9 Å². The quantitative estimate of drug-likeness (QED) is 0.265. The molecule has 1 heterocycles. The monoisotopic (exact) mass is 632 g/mol. The Labute approximate surface area is 255 Å². The Hall–Kier alpha value is -4.01. The fourth-order valence-corrected chi connectivity index (χ4v) is 5.60. The Balaban J connectivity index is 1.97. The molecule has 0 radical (unpaired) electrons. The van der Waals surface area contributed by atoms with Crippen molar-refractivity contribution in [2.45, 2.75) is 39.8 Å². The SMILES string of the molecule is COc1cc(C(=O)N(CCCc2ccccc2)Cc2nc(C(=O)NS(=O)(=O)N(C)C)c(COC(C)=O)s2)cc(OC)c1C. The number of rotatable bonds is 14. The van der Waals surface area contributed by atoms with Crippen LogP contribution in [0.1, 0.15) is 55.2 Å². The molecule has 3 aromatic rings. The number of aryl methyl sites for hydroxylation is 1. The lowest BCUT2D eigenvalue weighted by atomic mass is 10.1. The molecule has 43 heavy (non-hydrogen) atoms. The molecule has 0 fully saturated rings. The summed E-state index contributed by atoms with van der Waals surface area (Å²) in [6.45, 7) is 3.12. The van der Waals surface area contributed by atoms with Crippen molar-refractivity contribution in [2.24, 2.45) is 0 Å². The van der Waals surface area contributed by atoms with Crippen molar-refractivity contribution in [3.8, 4) is 11.5 Å². The Morgan fingerprint density at radius 1 is 1.02 bits per heavy atom. The number of carbonyl (C=O) groups is 3. The third-order valence-corrected chi connectivity index (χ3v) is 8.83. The molecule has 0 saturated heterocycles. The zero-order valence-electron chi connectivity index (χ0n) is 25.0. The van der Waals surface area contributed by atoms with E-state index in [1.54, 1.807) is 17.0 Å². The van der Waals surface area contributed by atoms with Gasteiger partial charge in [0.1, 0.15) is 28.8 Å². The second-order valence-corrected chi connectivity index (χ2v) is 12.8. The highest BCUT2D eigenvalue weighted by molar-refractivity contribution is 7.87. The van der Waals surface area contributed by atoms with Crippen molar-refractivity contribution < 1.29 is 37.0 Å². The van der Waals surface area contributed by atoms with Gasteiger partial charge in [-0.1, -0.05) is 30.3 Å². The second kappa shape index (κ2) is 14.9. The molecule has 2 amide bonds. The molecule has 0 aliphatic carbocycles. The number of hydrogen-bond donors (Lipinski definition) is 1. The topological polar surface area (TPSA) is 144 Å². The first-order valence-electron chi connectivity index (χ1n) is 13.3. The Bertz CT molecular complexity index is 1530. The van der Waals surface area contributed by atoms with Gasteiger partial charge in [0.05, 0.1) is 25.6 Å². The largest absolute Gasteiger partial charge is 0.496 e. The van der Waals surface area contributed by atoms with E-state index >= 15 is 0 Å². The van der Waals surface area contributed by atoms with Gasteiger partial charge in [-0.3, -0.25) is 14.4 Å². The van der Waals surface area contributed by atoms with Crippen molar-refractivity contribution >= 4 is 39.3 Å². The summed E-state index contributed by atoms with van der Waals surface area (Å²) in [5, 5.41) is 0.355. The van der Waals surface area contributed by atoms with Gasteiger partial charge in [-0.15, -0.1) is 11.3 Å². The molecule has 14 heteroatoms. The van der Waals surface area contributed by atoms with Gasteiger partial charge >= 0.3 is 16.2 Å². The maximum Gasteiger partial charge on any atom is 0.303 e. The molecule has 2 aromatic carbocycles. The Morgan fingerprint density at radius 3 is 2.21 bits per heavy atom. The minimum Gasteiger partial charge on any atom is -0.496 e. The van der Waals surface area contributed by atoms with Crippen LogP contribution in [0.3, 0.4) is 0 Å². The van der Waals surface area contributed by atoms with Crippen molar-refractivity contribution in [3.63, 3.8) is 0 Å². The second-order valence-electron chi connectivity index (χ2n) is 9.70. The molecule has 3 rings (SSSR count). The summed E-state index contributed by atoms with van der Waals surface area (Å²) in [6.07, 6.45) is 1.35. The zero-order valence-corrected chi connectivity index (χ0v) is 26.6. The molecular formula is C29H36N4O8S2. The maximum atomic E-state index is 13.9. The van der Waals surface area contributed by atoms with Crippen LogP contribution < -0.4 is 14.2 Å². The molecule has 0 saturated carbocycles. The molecule has 0 atom stereocenters. The standard InChI is InChI=1S/C29H36N4O8S2/c1-19-23(39-5)15-22(16-24(19)40-6)29(36)33(14-10-13-21-11-8-7-9-12-21)17-26-30-27(25(42-26)18-41-20(2)34)28(35)31-43(37,38)32(3)4/h7-9,11-12,15-16H,10,13-14,17-18H2,1-6H3,(H,31,35). The van der Waals surface area contributed by atoms with Crippen LogP contribution in [0.15, 0.2) is 42.5 Å². The van der Waals surface area contributed by atoms with E-state index in [1.165, 1.54) is 35.2 Å². The fourth-order valence-electron chi connectivity index (χ4n) is 4.09. The number of carbonyl (C=O) groups excluding carboxylic acids is 3. The highest BCUT2D eigenvalue weighted by atomic mass is 32.2. The van der Waals surface area contributed by atoms with Crippen LogP contribution in [0.25, 0.3) is 0 Å². The molecule has 0 unspecified atom stereocenters. The van der Waals surface area contributed by atoms with Crippen LogP contribution in [-0.4, -0.2) is 75.3 Å². The van der Waals surface area contributed by atoms with Gasteiger partial charge in [0.25, 0.3) is 11.8 Å². The Kier molecular flexibility index (Phi) is 11.6. The lowest BCUT2D eigenvalue weighted by Gasteiger charge is -2.23. The van der Waals surface area contributed by atoms with E-state index in [-0.39, 0.29) is 29.6 Å². The number of benzene rings is 2. The first-order chi connectivity index (χ1) is 20.4. The summed E-state index contributed by atoms with van der Waals surface area (Å²) in [5.74, 6) is -0.894. The molecule has 1 aromatic heterocycles. The number of aromatic nitrogens is 1. The average molecular weight is 633 g/mol. The van der Waals surface area contributed by atoms with Gasteiger partial charge in [-0.25, -0.2) is 9.71 Å². The predicted octanol–water partition coefficient (Wildman–Crippen LogP) is 3.34. The Morgan fingerprint density at radius 2 is 1.65 bits per heavy atom. The summed E-state index contributed by atoms with van der Waals surface area (Å²) in [4.78, 5) is 44.6. The first-order valence-corrected chi connectivity index (χ1v) is 15.5. The molecular weight excluding hydrogens is 596 g/mol. The highest BCUT2D eigenvalue weighted by Gasteiger charge is 2.27. The number of esters is 1. The van der Waals surface area contributed by atoms with Crippen LogP contribution in [0, 0.1) is 6.92 Å². The average Bonchev–Trinajstić information content (AvgIpc) is 3.38. The van der Waals surface area contributed by atoms with Crippen LogP contribution >= 0.6 is 11.3 Å². The summed E-state index contributed by atoms with van der Waals surface area (Å²) in [6, 6.07) is 13.1. The van der Waals surface area contributed by atoms with E-state index in [4.69, 9.17) is 14.2 Å². The van der Waals surface area contributed by atoms with E-state index in [1.807, 2.05) is 42.0 Å². The third kappa shape index (κ3) is 8.99. The molecule has 0 aliphatic heterocycles. The molecule has 12 nitrogen and oxygen atoms in total. The number of ether oxygens (including phenoxy) is 3. The summed E-state index contributed by atoms with van der Waals surface area (Å²) in [7, 11) is 1.46. The molecule has 0 bridgehead atoms. The normalized spacial score (nSPS) is 11.2. The van der Waals surface area contributed by atoms with Crippen LogP contribution in [0.2, 0.25) is 0 Å². The number of amides is 2. The highest BCUT2D eigenvalue weighted by Crippen LogP contribution is 2.31.